The van der Waals surface area contributed by atoms with E-state index in [2.05, 4.69) is 22.0 Å². The van der Waals surface area contributed by atoms with Gasteiger partial charge in [0.2, 0.25) is 5.91 Å². The monoisotopic (exact) mass is 278 g/mol. The molecule has 2 rings (SSSR count). The Morgan fingerprint density at radius 1 is 1.50 bits per heavy atom. The number of carbonyl (C=O) groups excluding carboxylic acids is 1. The fourth-order valence-electron chi connectivity index (χ4n) is 2.68. The molecule has 0 bridgehead atoms. The van der Waals surface area contributed by atoms with E-state index in [0.29, 0.717) is 0 Å². The molecule has 1 aliphatic heterocycles. The van der Waals surface area contributed by atoms with Gasteiger partial charge in [0.15, 0.2) is 0 Å². The number of nitrogens with zero attached hydrogens (tertiary/aromatic N) is 3. The zero-order valence-electron chi connectivity index (χ0n) is 12.1. The van der Waals surface area contributed by atoms with Crippen LogP contribution in [0.5, 0.6) is 0 Å². The summed E-state index contributed by atoms with van der Waals surface area (Å²) in [6.07, 6.45) is 4.31. The Kier molecular flexibility index (Phi) is 4.76. The van der Waals surface area contributed by atoms with Crippen molar-refractivity contribution in [1.29, 1.82) is 0 Å². The lowest BCUT2D eigenvalue weighted by molar-refractivity contribution is -0.134. The van der Waals surface area contributed by atoms with Crippen molar-refractivity contribution in [2.24, 2.45) is 5.92 Å². The van der Waals surface area contributed by atoms with Crippen LogP contribution in [0.2, 0.25) is 0 Å². The normalized spacial score (nSPS) is 16.2. The lowest BCUT2D eigenvalue weighted by Crippen LogP contribution is -2.41. The molecule has 2 heterocycles. The number of piperidine rings is 1. The van der Waals surface area contributed by atoms with Crippen molar-refractivity contribution in [3.05, 3.63) is 22.6 Å². The number of H-pyrrole nitrogens is 1. The Bertz CT molecular complexity index is 506. The third kappa shape index (κ3) is 3.37. The third-order valence-corrected chi connectivity index (χ3v) is 3.80. The van der Waals surface area contributed by atoms with Crippen molar-refractivity contribution < 1.29 is 4.79 Å². The highest BCUT2D eigenvalue weighted by atomic mass is 16.2. The Labute approximate surface area is 118 Å². The number of carbonyl (C=O) groups is 1. The van der Waals surface area contributed by atoms with Crippen LogP contribution in [0.3, 0.4) is 0 Å². The maximum atomic E-state index is 12.2. The molecule has 110 valence electrons. The van der Waals surface area contributed by atoms with Crippen molar-refractivity contribution in [2.45, 2.75) is 26.2 Å². The Morgan fingerprint density at radius 3 is 2.80 bits per heavy atom. The number of hydrogen-bond acceptors (Lipinski definition) is 4. The first-order chi connectivity index (χ1) is 9.61. The van der Waals surface area contributed by atoms with E-state index in [0.717, 1.165) is 44.6 Å². The predicted octanol–water partition coefficient (Wildman–Crippen LogP) is 0.855. The zero-order valence-corrected chi connectivity index (χ0v) is 12.1. The van der Waals surface area contributed by atoms with Gasteiger partial charge in [0.1, 0.15) is 0 Å². The SMILES string of the molecule is CCCN(C)C(=O)C1CCN(c2cn[nH]c(=O)c2)CC1. The van der Waals surface area contributed by atoms with Crippen molar-refractivity contribution >= 4 is 11.6 Å². The second-order valence-electron chi connectivity index (χ2n) is 5.32. The lowest BCUT2D eigenvalue weighted by atomic mass is 9.95. The van der Waals surface area contributed by atoms with Crippen molar-refractivity contribution in [2.75, 3.05) is 31.6 Å². The molecule has 1 N–H and O–H groups in total. The molecule has 1 aromatic heterocycles. The molecule has 1 amide bonds. The molecule has 0 unspecified atom stereocenters. The number of aromatic nitrogens is 2. The molecular weight excluding hydrogens is 256 g/mol. The number of hydrogen-bond donors (Lipinski definition) is 1. The summed E-state index contributed by atoms with van der Waals surface area (Å²) in [5.41, 5.74) is 0.643. The van der Waals surface area contributed by atoms with Crippen molar-refractivity contribution in [1.82, 2.24) is 15.1 Å². The summed E-state index contributed by atoms with van der Waals surface area (Å²) in [5, 5.41) is 6.19. The van der Waals surface area contributed by atoms with Crippen LogP contribution in [0, 0.1) is 5.92 Å². The van der Waals surface area contributed by atoms with Crippen LogP contribution < -0.4 is 10.5 Å². The fraction of sp³-hybridized carbons (Fsp3) is 0.643. The molecule has 20 heavy (non-hydrogen) atoms. The van der Waals surface area contributed by atoms with Gasteiger partial charge in [-0.05, 0) is 19.3 Å². The highest BCUT2D eigenvalue weighted by Gasteiger charge is 2.27. The first-order valence-electron chi connectivity index (χ1n) is 7.16. The summed E-state index contributed by atoms with van der Waals surface area (Å²) in [5.74, 6) is 0.355. The van der Waals surface area contributed by atoms with Crippen LogP contribution in [-0.4, -0.2) is 47.7 Å². The van der Waals surface area contributed by atoms with E-state index in [1.807, 2.05) is 11.9 Å². The molecule has 6 nitrogen and oxygen atoms in total. The number of aromatic amines is 1. The first kappa shape index (κ1) is 14.6. The zero-order chi connectivity index (χ0) is 14.5. The Morgan fingerprint density at radius 2 is 2.20 bits per heavy atom. The smallest absolute Gasteiger partial charge is 0.266 e. The third-order valence-electron chi connectivity index (χ3n) is 3.80. The largest absolute Gasteiger partial charge is 0.370 e. The molecule has 0 aliphatic carbocycles. The molecule has 1 aromatic rings. The molecule has 0 aromatic carbocycles. The van der Waals surface area contributed by atoms with E-state index >= 15 is 0 Å². The summed E-state index contributed by atoms with van der Waals surface area (Å²) in [6, 6.07) is 1.55. The minimum atomic E-state index is -0.191. The van der Waals surface area contributed by atoms with Gasteiger partial charge in [-0.2, -0.15) is 5.10 Å². The van der Waals surface area contributed by atoms with Gasteiger partial charge in [0.05, 0.1) is 11.9 Å². The summed E-state index contributed by atoms with van der Waals surface area (Å²) in [7, 11) is 1.87. The topological polar surface area (TPSA) is 69.3 Å². The van der Waals surface area contributed by atoms with Crippen LogP contribution in [0.25, 0.3) is 0 Å². The number of anilines is 1. The minimum absolute atomic E-state index is 0.109. The summed E-state index contributed by atoms with van der Waals surface area (Å²) < 4.78 is 0. The highest BCUT2D eigenvalue weighted by molar-refractivity contribution is 5.78. The van der Waals surface area contributed by atoms with E-state index < -0.39 is 0 Å². The van der Waals surface area contributed by atoms with E-state index in [1.165, 1.54) is 0 Å². The lowest BCUT2D eigenvalue weighted by Gasteiger charge is -2.34. The molecule has 6 heteroatoms. The molecule has 0 atom stereocenters. The van der Waals surface area contributed by atoms with Crippen LogP contribution >= 0.6 is 0 Å². The molecule has 0 saturated carbocycles. The van der Waals surface area contributed by atoms with E-state index in [-0.39, 0.29) is 17.4 Å². The van der Waals surface area contributed by atoms with E-state index in [9.17, 15) is 9.59 Å². The van der Waals surface area contributed by atoms with Gasteiger partial charge in [0.25, 0.3) is 5.56 Å². The van der Waals surface area contributed by atoms with Gasteiger partial charge in [0, 0.05) is 38.7 Å². The van der Waals surface area contributed by atoms with Gasteiger partial charge >= 0.3 is 0 Å². The molecule has 1 saturated heterocycles. The van der Waals surface area contributed by atoms with E-state index in [4.69, 9.17) is 0 Å². The van der Waals surface area contributed by atoms with Gasteiger partial charge in [-0.25, -0.2) is 5.10 Å². The van der Waals surface area contributed by atoms with Gasteiger partial charge in [-0.1, -0.05) is 6.92 Å². The van der Waals surface area contributed by atoms with Crippen molar-refractivity contribution in [3.8, 4) is 0 Å². The van der Waals surface area contributed by atoms with Gasteiger partial charge in [-0.15, -0.1) is 0 Å². The molecule has 0 radical (unpaired) electrons. The highest BCUT2D eigenvalue weighted by Crippen LogP contribution is 2.23. The summed E-state index contributed by atoms with van der Waals surface area (Å²) in [6.45, 7) is 4.48. The van der Waals surface area contributed by atoms with Crippen LogP contribution in [0.15, 0.2) is 17.1 Å². The standard InChI is InChI=1S/C14H22N4O2/c1-3-6-17(2)14(20)11-4-7-18(8-5-11)12-9-13(19)16-15-10-12/h9-11H,3-8H2,1-2H3,(H,16,19). The molecular formula is C14H22N4O2. The minimum Gasteiger partial charge on any atom is -0.370 e. The maximum Gasteiger partial charge on any atom is 0.266 e. The Balaban J connectivity index is 1.92. The number of nitrogens with one attached hydrogen (secondary N) is 1. The van der Waals surface area contributed by atoms with Crippen LogP contribution in [0.4, 0.5) is 5.69 Å². The maximum absolute atomic E-state index is 12.2. The second kappa shape index (κ2) is 6.54. The molecule has 0 spiro atoms. The number of amides is 1. The fourth-order valence-corrected chi connectivity index (χ4v) is 2.68. The van der Waals surface area contributed by atoms with Crippen LogP contribution in [0.1, 0.15) is 26.2 Å². The van der Waals surface area contributed by atoms with Crippen LogP contribution in [-0.2, 0) is 4.79 Å². The second-order valence-corrected chi connectivity index (χ2v) is 5.32. The number of rotatable bonds is 4. The first-order valence-corrected chi connectivity index (χ1v) is 7.16. The van der Waals surface area contributed by atoms with Crippen molar-refractivity contribution in [3.63, 3.8) is 0 Å². The quantitative estimate of drug-likeness (QED) is 0.886. The Hall–Kier alpha value is -1.85. The van der Waals surface area contributed by atoms with Gasteiger partial charge < -0.3 is 9.80 Å². The average molecular weight is 278 g/mol. The average Bonchev–Trinajstić information content (AvgIpc) is 2.47. The van der Waals surface area contributed by atoms with E-state index in [1.54, 1.807) is 12.3 Å². The molecule has 1 aliphatic rings. The molecule has 1 fully saturated rings. The summed E-state index contributed by atoms with van der Waals surface area (Å²) in [4.78, 5) is 27.4. The predicted molar refractivity (Wildman–Crippen MR) is 77.7 cm³/mol. The van der Waals surface area contributed by atoms with Gasteiger partial charge in [-0.3, -0.25) is 9.59 Å². The summed E-state index contributed by atoms with van der Waals surface area (Å²) >= 11 is 0.